The van der Waals surface area contributed by atoms with E-state index in [0.29, 0.717) is 0 Å². The predicted octanol–water partition coefficient (Wildman–Crippen LogP) is 2.36. The van der Waals surface area contributed by atoms with Gasteiger partial charge in [0, 0.05) is 0 Å². The van der Waals surface area contributed by atoms with Crippen LogP contribution in [0.3, 0.4) is 0 Å². The molecule has 0 unspecified atom stereocenters. The average Bonchev–Trinajstić information content (AvgIpc) is 2.35. The zero-order valence-corrected chi connectivity index (χ0v) is 11.1. The molecule has 0 aromatic carbocycles. The fraction of sp³-hybridized carbons (Fsp3) is 0.857. The van der Waals surface area contributed by atoms with E-state index in [4.69, 9.17) is 10.8 Å². The van der Waals surface area contributed by atoms with Crippen molar-refractivity contribution in [1.29, 1.82) is 0 Å². The van der Waals surface area contributed by atoms with Crippen molar-refractivity contribution in [3.63, 3.8) is 0 Å². The van der Waals surface area contributed by atoms with E-state index in [1.165, 1.54) is 44.9 Å². The van der Waals surface area contributed by atoms with E-state index >= 15 is 0 Å². The molecule has 0 saturated carbocycles. The van der Waals surface area contributed by atoms with Gasteiger partial charge in [-0.1, -0.05) is 57.6 Å². The highest BCUT2D eigenvalue weighted by atomic mass is 16.3. The van der Waals surface area contributed by atoms with Crippen LogP contribution in [0.15, 0.2) is 12.2 Å². The minimum Gasteiger partial charge on any atom is -0.395 e. The lowest BCUT2D eigenvalue weighted by Crippen LogP contribution is -2.36. The highest BCUT2D eigenvalue weighted by molar-refractivity contribution is 4.93. The largest absolute Gasteiger partial charge is 0.395 e. The summed E-state index contributed by atoms with van der Waals surface area (Å²) in [5, 5.41) is 18.2. The summed E-state index contributed by atoms with van der Waals surface area (Å²) in [6.07, 6.45) is 13.0. The van der Waals surface area contributed by atoms with Gasteiger partial charge in [0.05, 0.1) is 18.8 Å². The number of nitrogens with two attached hydrogens (primary N) is 1. The molecule has 0 rings (SSSR count). The van der Waals surface area contributed by atoms with Crippen molar-refractivity contribution in [3.05, 3.63) is 12.2 Å². The van der Waals surface area contributed by atoms with Crippen LogP contribution in [0.4, 0.5) is 0 Å². The smallest absolute Gasteiger partial charge is 0.0894 e. The van der Waals surface area contributed by atoms with Crippen molar-refractivity contribution in [3.8, 4) is 0 Å². The average molecular weight is 243 g/mol. The van der Waals surface area contributed by atoms with Gasteiger partial charge in [-0.25, -0.2) is 0 Å². The molecule has 0 spiro atoms. The van der Waals surface area contributed by atoms with Crippen LogP contribution >= 0.6 is 0 Å². The summed E-state index contributed by atoms with van der Waals surface area (Å²) in [6.45, 7) is 2.05. The van der Waals surface area contributed by atoms with Gasteiger partial charge in [-0.3, -0.25) is 0 Å². The SMILES string of the molecule is CCCCCCCCCC=C[C@@H](O)[C@@H](N)CO. The van der Waals surface area contributed by atoms with Gasteiger partial charge in [0.25, 0.3) is 0 Å². The Morgan fingerprint density at radius 2 is 1.65 bits per heavy atom. The molecule has 0 aromatic heterocycles. The Hall–Kier alpha value is -0.380. The molecular formula is C14H29NO2. The maximum atomic E-state index is 9.45. The lowest BCUT2D eigenvalue weighted by Gasteiger charge is -2.11. The van der Waals surface area contributed by atoms with Gasteiger partial charge in [-0.15, -0.1) is 0 Å². The summed E-state index contributed by atoms with van der Waals surface area (Å²) >= 11 is 0. The quantitative estimate of drug-likeness (QED) is 0.385. The van der Waals surface area contributed by atoms with Gasteiger partial charge < -0.3 is 15.9 Å². The van der Waals surface area contributed by atoms with Crippen molar-refractivity contribution in [2.24, 2.45) is 5.73 Å². The Kier molecular flexibility index (Phi) is 11.8. The maximum absolute atomic E-state index is 9.45. The van der Waals surface area contributed by atoms with Crippen LogP contribution in [-0.2, 0) is 0 Å². The first kappa shape index (κ1) is 16.6. The summed E-state index contributed by atoms with van der Waals surface area (Å²) in [7, 11) is 0. The second-order valence-corrected chi connectivity index (χ2v) is 4.68. The molecule has 0 bridgehead atoms. The van der Waals surface area contributed by atoms with E-state index in [0.717, 1.165) is 6.42 Å². The number of unbranched alkanes of at least 4 members (excludes halogenated alkanes) is 7. The fourth-order valence-electron chi connectivity index (χ4n) is 1.71. The highest BCUT2D eigenvalue weighted by Crippen LogP contribution is 2.08. The fourth-order valence-corrected chi connectivity index (χ4v) is 1.71. The minimum atomic E-state index is -0.718. The molecule has 0 fully saturated rings. The summed E-state index contributed by atoms with van der Waals surface area (Å²) in [5.74, 6) is 0. The van der Waals surface area contributed by atoms with Crippen LogP contribution < -0.4 is 5.73 Å². The molecular weight excluding hydrogens is 214 g/mol. The molecule has 0 radical (unpaired) electrons. The standard InChI is InChI=1S/C14H29NO2/c1-2-3-4-5-6-7-8-9-10-11-14(17)13(15)12-16/h10-11,13-14,16-17H,2-9,12,15H2,1H3/t13-,14+/m0/s1. The van der Waals surface area contributed by atoms with E-state index in [1.54, 1.807) is 6.08 Å². The third-order valence-corrected chi connectivity index (χ3v) is 2.96. The number of aliphatic hydroxyl groups is 2. The molecule has 0 aliphatic rings. The van der Waals surface area contributed by atoms with Gasteiger partial charge in [0.2, 0.25) is 0 Å². The van der Waals surface area contributed by atoms with Crippen LogP contribution in [0.1, 0.15) is 58.3 Å². The molecule has 0 heterocycles. The summed E-state index contributed by atoms with van der Waals surface area (Å²) in [6, 6.07) is -0.555. The lowest BCUT2D eigenvalue weighted by molar-refractivity contribution is 0.144. The maximum Gasteiger partial charge on any atom is 0.0894 e. The normalized spacial score (nSPS) is 15.3. The van der Waals surface area contributed by atoms with Crippen LogP contribution in [-0.4, -0.2) is 29.0 Å². The van der Waals surface area contributed by atoms with Crippen LogP contribution in [0.25, 0.3) is 0 Å². The monoisotopic (exact) mass is 243 g/mol. The minimum absolute atomic E-state index is 0.178. The topological polar surface area (TPSA) is 66.5 Å². The van der Waals surface area contributed by atoms with E-state index in [-0.39, 0.29) is 6.61 Å². The molecule has 0 amide bonds. The zero-order valence-electron chi connectivity index (χ0n) is 11.1. The first-order valence-corrected chi connectivity index (χ1v) is 6.93. The number of allylic oxidation sites excluding steroid dienone is 1. The number of hydrogen-bond acceptors (Lipinski definition) is 3. The Morgan fingerprint density at radius 3 is 2.24 bits per heavy atom. The number of rotatable bonds is 11. The third-order valence-electron chi connectivity index (χ3n) is 2.96. The van der Waals surface area contributed by atoms with E-state index in [9.17, 15) is 5.11 Å². The molecule has 102 valence electrons. The van der Waals surface area contributed by atoms with Gasteiger partial charge in [0.1, 0.15) is 0 Å². The molecule has 17 heavy (non-hydrogen) atoms. The molecule has 0 aliphatic carbocycles. The molecule has 3 heteroatoms. The van der Waals surface area contributed by atoms with Crippen LogP contribution in [0.2, 0.25) is 0 Å². The number of hydrogen-bond donors (Lipinski definition) is 3. The molecule has 0 aromatic rings. The molecule has 0 aliphatic heterocycles. The predicted molar refractivity (Wildman–Crippen MR) is 72.8 cm³/mol. The van der Waals surface area contributed by atoms with Crippen molar-refractivity contribution in [1.82, 2.24) is 0 Å². The Labute approximate surface area is 106 Å². The van der Waals surface area contributed by atoms with Crippen molar-refractivity contribution in [2.75, 3.05) is 6.61 Å². The van der Waals surface area contributed by atoms with E-state index in [2.05, 4.69) is 6.92 Å². The lowest BCUT2D eigenvalue weighted by atomic mass is 10.1. The first-order valence-electron chi connectivity index (χ1n) is 6.93. The van der Waals surface area contributed by atoms with E-state index < -0.39 is 12.1 Å². The second kappa shape index (κ2) is 12.1. The third kappa shape index (κ3) is 10.5. The summed E-state index contributed by atoms with van der Waals surface area (Å²) in [4.78, 5) is 0. The Morgan fingerprint density at radius 1 is 1.06 bits per heavy atom. The molecule has 3 nitrogen and oxygen atoms in total. The molecule has 4 N–H and O–H groups in total. The zero-order chi connectivity index (χ0) is 12.9. The Balaban J connectivity index is 3.30. The highest BCUT2D eigenvalue weighted by Gasteiger charge is 2.08. The molecule has 2 atom stereocenters. The van der Waals surface area contributed by atoms with Crippen molar-refractivity contribution >= 4 is 0 Å². The Bertz CT molecular complexity index is 183. The van der Waals surface area contributed by atoms with Gasteiger partial charge >= 0.3 is 0 Å². The number of aliphatic hydroxyl groups excluding tert-OH is 2. The van der Waals surface area contributed by atoms with Crippen LogP contribution in [0, 0.1) is 0 Å². The summed E-state index contributed by atoms with van der Waals surface area (Å²) in [5.41, 5.74) is 5.47. The van der Waals surface area contributed by atoms with Gasteiger partial charge in [-0.2, -0.15) is 0 Å². The second-order valence-electron chi connectivity index (χ2n) is 4.68. The first-order chi connectivity index (χ1) is 8.22. The van der Waals surface area contributed by atoms with Crippen LogP contribution in [0.5, 0.6) is 0 Å². The van der Waals surface area contributed by atoms with E-state index in [1.807, 2.05) is 6.08 Å². The summed E-state index contributed by atoms with van der Waals surface area (Å²) < 4.78 is 0. The van der Waals surface area contributed by atoms with Gasteiger partial charge in [-0.05, 0) is 12.8 Å². The van der Waals surface area contributed by atoms with Crippen molar-refractivity contribution in [2.45, 2.75) is 70.4 Å². The van der Waals surface area contributed by atoms with Crippen molar-refractivity contribution < 1.29 is 10.2 Å². The molecule has 0 saturated heterocycles. The van der Waals surface area contributed by atoms with Gasteiger partial charge in [0.15, 0.2) is 0 Å².